The maximum absolute atomic E-state index is 11.0. The van der Waals surface area contributed by atoms with Crippen LogP contribution < -0.4 is 0 Å². The summed E-state index contributed by atoms with van der Waals surface area (Å²) in [6.45, 7) is 7.26. The van der Waals surface area contributed by atoms with Crippen LogP contribution in [0.1, 0.15) is 13.8 Å². The lowest BCUT2D eigenvalue weighted by Gasteiger charge is -2.32. The van der Waals surface area contributed by atoms with Crippen LogP contribution in [-0.4, -0.2) is 11.6 Å². The van der Waals surface area contributed by atoms with Crippen molar-refractivity contribution < 1.29 is 9.53 Å². The molecule has 0 heterocycles. The molecule has 1 aliphatic rings. The second kappa shape index (κ2) is 3.60. The van der Waals surface area contributed by atoms with Crippen molar-refractivity contribution in [3.8, 4) is 0 Å². The summed E-state index contributed by atoms with van der Waals surface area (Å²) in [4.78, 5) is 11.0. The number of ether oxygens (including phenoxy) is 1. The van der Waals surface area contributed by atoms with Gasteiger partial charge in [-0.1, -0.05) is 31.7 Å². The minimum atomic E-state index is -0.528. The molecule has 2 atom stereocenters. The molecule has 0 fully saturated rings. The summed E-state index contributed by atoms with van der Waals surface area (Å²) in [5.74, 6) is -0.185. The first-order valence-electron chi connectivity index (χ1n) is 4.30. The first-order valence-corrected chi connectivity index (χ1v) is 4.30. The fraction of sp³-hybridized carbons (Fsp3) is 0.364. The van der Waals surface area contributed by atoms with E-state index in [-0.39, 0.29) is 11.9 Å². The number of hydrogen-bond acceptors (Lipinski definition) is 2. The first-order chi connectivity index (χ1) is 6.08. The smallest absolute Gasteiger partial charge is 0.331 e. The van der Waals surface area contributed by atoms with Crippen molar-refractivity contribution in [1.82, 2.24) is 0 Å². The summed E-state index contributed by atoms with van der Waals surface area (Å²) in [5, 5.41) is 0. The molecule has 0 bridgehead atoms. The van der Waals surface area contributed by atoms with Crippen LogP contribution in [0.15, 0.2) is 37.0 Å². The van der Waals surface area contributed by atoms with Gasteiger partial charge in [0, 0.05) is 12.0 Å². The molecule has 0 amide bonds. The molecule has 0 aliphatic heterocycles. The van der Waals surface area contributed by atoms with Crippen LogP contribution in [0.5, 0.6) is 0 Å². The fourth-order valence-electron chi connectivity index (χ4n) is 1.21. The summed E-state index contributed by atoms with van der Waals surface area (Å²) in [5.41, 5.74) is -0.528. The zero-order valence-corrected chi connectivity index (χ0v) is 7.99. The van der Waals surface area contributed by atoms with E-state index in [0.717, 1.165) is 0 Å². The molecule has 0 saturated heterocycles. The molecule has 1 rings (SSSR count). The Kier molecular flexibility index (Phi) is 2.71. The second-order valence-corrected chi connectivity index (χ2v) is 3.34. The lowest BCUT2D eigenvalue weighted by Crippen LogP contribution is -2.36. The molecular weight excluding hydrogens is 164 g/mol. The van der Waals surface area contributed by atoms with Gasteiger partial charge < -0.3 is 4.74 Å². The Hall–Kier alpha value is -1.31. The summed E-state index contributed by atoms with van der Waals surface area (Å²) in [7, 11) is 0. The molecule has 0 aromatic rings. The highest BCUT2D eigenvalue weighted by Gasteiger charge is 2.31. The molecule has 0 N–H and O–H groups in total. The molecule has 2 nitrogen and oxygen atoms in total. The van der Waals surface area contributed by atoms with Crippen molar-refractivity contribution in [1.29, 1.82) is 0 Å². The van der Waals surface area contributed by atoms with Crippen LogP contribution in [-0.2, 0) is 9.53 Å². The Balaban J connectivity index is 2.75. The summed E-state index contributed by atoms with van der Waals surface area (Å²) < 4.78 is 5.25. The van der Waals surface area contributed by atoms with Crippen molar-refractivity contribution in [2.75, 3.05) is 0 Å². The van der Waals surface area contributed by atoms with E-state index < -0.39 is 5.60 Å². The first kappa shape index (κ1) is 9.78. The van der Waals surface area contributed by atoms with Crippen LogP contribution in [0.25, 0.3) is 0 Å². The molecule has 0 aromatic carbocycles. The highest BCUT2D eigenvalue weighted by atomic mass is 16.6. The number of esters is 1. The number of hydrogen-bond donors (Lipinski definition) is 0. The van der Waals surface area contributed by atoms with Gasteiger partial charge in [0.25, 0.3) is 0 Å². The average Bonchev–Trinajstić information content (AvgIpc) is 2.10. The highest BCUT2D eigenvalue weighted by Crippen LogP contribution is 2.27. The van der Waals surface area contributed by atoms with Crippen LogP contribution in [0.2, 0.25) is 0 Å². The standard InChI is InChI=1S/C11H14O2/c1-4-10(12)13-11(3)8-6-5-7-9(11)2/h4-9H,1H2,2-3H3. The largest absolute Gasteiger partial charge is 0.451 e. The van der Waals surface area contributed by atoms with Crippen LogP contribution in [0.4, 0.5) is 0 Å². The normalized spacial score (nSPS) is 31.4. The van der Waals surface area contributed by atoms with E-state index >= 15 is 0 Å². The quantitative estimate of drug-likeness (QED) is 0.479. The number of carbonyl (C=O) groups is 1. The van der Waals surface area contributed by atoms with Crippen LogP contribution in [0, 0.1) is 5.92 Å². The van der Waals surface area contributed by atoms with Gasteiger partial charge >= 0.3 is 5.97 Å². The van der Waals surface area contributed by atoms with Gasteiger partial charge in [0.2, 0.25) is 0 Å². The molecule has 2 unspecified atom stereocenters. The second-order valence-electron chi connectivity index (χ2n) is 3.34. The molecule has 1 aliphatic carbocycles. The highest BCUT2D eigenvalue weighted by molar-refractivity contribution is 5.81. The number of rotatable bonds is 2. The van der Waals surface area contributed by atoms with E-state index in [0.29, 0.717) is 0 Å². The summed E-state index contributed by atoms with van der Waals surface area (Å²) in [6.07, 6.45) is 8.92. The lowest BCUT2D eigenvalue weighted by molar-refractivity contribution is -0.150. The average molecular weight is 178 g/mol. The summed E-state index contributed by atoms with van der Waals surface area (Å²) in [6, 6.07) is 0. The Morgan fingerprint density at radius 3 is 2.85 bits per heavy atom. The Morgan fingerprint density at radius 1 is 1.62 bits per heavy atom. The maximum Gasteiger partial charge on any atom is 0.331 e. The Labute approximate surface area is 78.6 Å². The number of carbonyl (C=O) groups excluding carboxylic acids is 1. The van der Waals surface area contributed by atoms with Gasteiger partial charge in [-0.3, -0.25) is 0 Å². The van der Waals surface area contributed by atoms with E-state index in [2.05, 4.69) is 6.58 Å². The zero-order chi connectivity index (χ0) is 9.90. The fourth-order valence-corrected chi connectivity index (χ4v) is 1.21. The Morgan fingerprint density at radius 2 is 2.31 bits per heavy atom. The third kappa shape index (κ3) is 2.08. The van der Waals surface area contributed by atoms with Crippen molar-refractivity contribution in [3.05, 3.63) is 37.0 Å². The monoisotopic (exact) mass is 178 g/mol. The maximum atomic E-state index is 11.0. The Bertz CT molecular complexity index is 276. The molecular formula is C11H14O2. The molecule has 13 heavy (non-hydrogen) atoms. The molecule has 70 valence electrons. The van der Waals surface area contributed by atoms with E-state index in [9.17, 15) is 4.79 Å². The minimum Gasteiger partial charge on any atom is -0.451 e. The molecule has 0 radical (unpaired) electrons. The van der Waals surface area contributed by atoms with Gasteiger partial charge in [-0.25, -0.2) is 4.79 Å². The van der Waals surface area contributed by atoms with Crippen molar-refractivity contribution in [3.63, 3.8) is 0 Å². The van der Waals surface area contributed by atoms with Crippen molar-refractivity contribution in [2.24, 2.45) is 5.92 Å². The van der Waals surface area contributed by atoms with Gasteiger partial charge in [-0.15, -0.1) is 0 Å². The van der Waals surface area contributed by atoms with E-state index in [1.165, 1.54) is 6.08 Å². The van der Waals surface area contributed by atoms with Crippen LogP contribution in [0.3, 0.4) is 0 Å². The van der Waals surface area contributed by atoms with Gasteiger partial charge in [-0.2, -0.15) is 0 Å². The van der Waals surface area contributed by atoms with Gasteiger partial charge in [0.1, 0.15) is 5.60 Å². The predicted octanol–water partition coefficient (Wildman–Crippen LogP) is 2.24. The summed E-state index contributed by atoms with van der Waals surface area (Å²) >= 11 is 0. The number of allylic oxidation sites excluding steroid dienone is 2. The van der Waals surface area contributed by atoms with Crippen molar-refractivity contribution >= 4 is 5.97 Å². The predicted molar refractivity (Wildman–Crippen MR) is 52.1 cm³/mol. The van der Waals surface area contributed by atoms with E-state index in [1.54, 1.807) is 0 Å². The topological polar surface area (TPSA) is 26.3 Å². The van der Waals surface area contributed by atoms with Gasteiger partial charge in [0.15, 0.2) is 0 Å². The molecule has 0 saturated carbocycles. The molecule has 0 aromatic heterocycles. The minimum absolute atomic E-state index is 0.196. The third-order valence-corrected chi connectivity index (χ3v) is 2.33. The van der Waals surface area contributed by atoms with Crippen molar-refractivity contribution in [2.45, 2.75) is 19.4 Å². The zero-order valence-electron chi connectivity index (χ0n) is 7.99. The lowest BCUT2D eigenvalue weighted by atomic mass is 9.87. The van der Waals surface area contributed by atoms with E-state index in [4.69, 9.17) is 4.74 Å². The molecule has 0 spiro atoms. The van der Waals surface area contributed by atoms with Gasteiger partial charge in [-0.05, 0) is 13.0 Å². The third-order valence-electron chi connectivity index (χ3n) is 2.33. The van der Waals surface area contributed by atoms with E-state index in [1.807, 2.05) is 38.2 Å². The van der Waals surface area contributed by atoms with Crippen LogP contribution >= 0.6 is 0 Å². The van der Waals surface area contributed by atoms with Gasteiger partial charge in [0.05, 0.1) is 0 Å². The molecule has 2 heteroatoms. The SMILES string of the molecule is C=CC(=O)OC1(C)C=CC=CC1C.